The molecule has 37 heavy (non-hydrogen) atoms. The third-order valence-electron chi connectivity index (χ3n) is 6.50. The van der Waals surface area contributed by atoms with Crippen molar-refractivity contribution < 1.29 is 38.6 Å². The molecule has 0 radical (unpaired) electrons. The van der Waals surface area contributed by atoms with Gasteiger partial charge in [-0.2, -0.15) is 0 Å². The maximum Gasteiger partial charge on any atom is 0.332 e. The Morgan fingerprint density at radius 1 is 1.11 bits per heavy atom. The monoisotopic (exact) mass is 518 g/mol. The predicted molar refractivity (Wildman–Crippen MR) is 136 cm³/mol. The molecule has 1 aliphatic rings. The van der Waals surface area contributed by atoms with Crippen molar-refractivity contribution in [3.63, 3.8) is 0 Å². The van der Waals surface area contributed by atoms with Gasteiger partial charge >= 0.3 is 11.9 Å². The van der Waals surface area contributed by atoms with Gasteiger partial charge in [0.05, 0.1) is 17.2 Å². The van der Waals surface area contributed by atoms with Gasteiger partial charge in [0.25, 0.3) is 5.91 Å². The highest BCUT2D eigenvalue weighted by molar-refractivity contribution is 6.01. The number of Topliss-reactive ketones (excluding diaryl/α,β-unsaturated/α-hetero) is 1. The van der Waals surface area contributed by atoms with E-state index in [0.29, 0.717) is 19.3 Å². The summed E-state index contributed by atoms with van der Waals surface area (Å²) in [5.41, 5.74) is -0.176. The van der Waals surface area contributed by atoms with Crippen molar-refractivity contribution in [2.45, 2.75) is 85.0 Å². The number of para-hydroxylation sites is 1. The number of ketones is 1. The Balaban J connectivity index is 2.34. The van der Waals surface area contributed by atoms with Gasteiger partial charge < -0.3 is 25.2 Å². The average molecular weight is 519 g/mol. The van der Waals surface area contributed by atoms with Crippen molar-refractivity contribution in [1.82, 2.24) is 5.32 Å². The van der Waals surface area contributed by atoms with E-state index in [1.54, 1.807) is 6.92 Å². The molecule has 0 unspecified atom stereocenters. The second kappa shape index (κ2) is 13.8. The summed E-state index contributed by atoms with van der Waals surface area (Å²) in [6, 6.07) is 2.80. The van der Waals surface area contributed by atoms with Gasteiger partial charge in [0.15, 0.2) is 11.8 Å². The molecule has 10 heteroatoms. The van der Waals surface area contributed by atoms with E-state index in [0.717, 1.165) is 12.8 Å². The number of ether oxygens (including phenoxy) is 2. The van der Waals surface area contributed by atoms with Gasteiger partial charge in [-0.05, 0) is 38.3 Å². The molecule has 2 amide bonds. The van der Waals surface area contributed by atoms with Crippen molar-refractivity contribution in [2.24, 2.45) is 17.8 Å². The zero-order valence-electron chi connectivity index (χ0n) is 22.1. The lowest BCUT2D eigenvalue weighted by molar-refractivity contribution is -0.157. The number of rotatable bonds is 11. The Bertz CT molecular complexity index is 993. The van der Waals surface area contributed by atoms with E-state index in [1.807, 2.05) is 20.8 Å². The third-order valence-corrected chi connectivity index (χ3v) is 6.50. The molecule has 1 aromatic rings. The molecule has 0 aromatic heterocycles. The van der Waals surface area contributed by atoms with Gasteiger partial charge in [-0.15, -0.1) is 0 Å². The number of phenolic OH excluding ortho intramolecular Hbond substituents is 1. The lowest BCUT2D eigenvalue weighted by Crippen LogP contribution is -2.50. The summed E-state index contributed by atoms with van der Waals surface area (Å²) in [6.07, 6.45) is 0.960. The molecular weight excluding hydrogens is 480 g/mol. The highest BCUT2D eigenvalue weighted by Crippen LogP contribution is 2.32. The number of phenols is 1. The normalized spacial score (nSPS) is 24.2. The number of carbonyl (C=O) groups excluding carboxylic acids is 5. The Morgan fingerprint density at radius 3 is 2.41 bits per heavy atom. The molecule has 2 rings (SSSR count). The van der Waals surface area contributed by atoms with Crippen molar-refractivity contribution in [3.8, 4) is 5.75 Å². The fourth-order valence-corrected chi connectivity index (χ4v) is 4.54. The first-order valence-electron chi connectivity index (χ1n) is 12.8. The lowest BCUT2D eigenvalue weighted by atomic mass is 9.80. The molecule has 1 aliphatic heterocycles. The topological polar surface area (TPSA) is 148 Å². The van der Waals surface area contributed by atoms with Crippen LogP contribution in [0.2, 0.25) is 0 Å². The molecule has 0 spiro atoms. The van der Waals surface area contributed by atoms with Crippen LogP contribution in [0.25, 0.3) is 0 Å². The van der Waals surface area contributed by atoms with E-state index < -0.39 is 53.7 Å². The van der Waals surface area contributed by atoms with Gasteiger partial charge in [-0.3, -0.25) is 19.2 Å². The zero-order chi connectivity index (χ0) is 27.7. The number of nitrogens with one attached hydrogen (secondary N) is 2. The summed E-state index contributed by atoms with van der Waals surface area (Å²) in [5, 5.41) is 15.1. The molecule has 0 aliphatic carbocycles. The molecule has 0 bridgehead atoms. The number of hydrogen-bond donors (Lipinski definition) is 3. The number of unbranched alkanes of at least 4 members (excludes halogenated alkanes) is 1. The largest absolute Gasteiger partial charge is 0.505 e. The Labute approximate surface area is 217 Å². The van der Waals surface area contributed by atoms with Crippen LogP contribution in [0.4, 0.5) is 5.69 Å². The quantitative estimate of drug-likeness (QED) is 0.229. The van der Waals surface area contributed by atoms with E-state index in [4.69, 9.17) is 9.47 Å². The van der Waals surface area contributed by atoms with Crippen molar-refractivity contribution >= 4 is 35.7 Å². The van der Waals surface area contributed by atoms with Crippen LogP contribution < -0.4 is 10.6 Å². The number of anilines is 1. The Hall–Kier alpha value is -3.43. The fraction of sp³-hybridized carbons (Fsp3) is 0.593. The average Bonchev–Trinajstić information content (AvgIpc) is 2.84. The number of benzene rings is 1. The standard InChI is InChI=1S/C27H38N2O8/c1-6-7-9-19-21(13-18(31)12-15(2)3)16(4)36-27(35)23(17(5)37-26(19)34)29-25(33)20-10-8-11-22(24(20)32)28-14-30/h8,10-11,14-17,19,21,23,32H,6-7,9,12-13H2,1-5H3,(H,28,30)(H,29,33)/t16-,17+,19+,21-,23-/m0/s1. The number of amides is 2. The number of aromatic hydroxyl groups is 1. The maximum absolute atomic E-state index is 13.3. The number of esters is 2. The molecule has 5 atom stereocenters. The molecule has 1 aromatic carbocycles. The number of cyclic esters (lactones) is 2. The molecular formula is C27H38N2O8. The Morgan fingerprint density at radius 2 is 1.78 bits per heavy atom. The van der Waals surface area contributed by atoms with Crippen molar-refractivity contribution in [1.29, 1.82) is 0 Å². The smallest absolute Gasteiger partial charge is 0.332 e. The first-order valence-corrected chi connectivity index (χ1v) is 12.8. The van der Waals surface area contributed by atoms with Gasteiger partial charge in [0, 0.05) is 18.8 Å². The fourth-order valence-electron chi connectivity index (χ4n) is 4.54. The molecule has 10 nitrogen and oxygen atoms in total. The summed E-state index contributed by atoms with van der Waals surface area (Å²) in [5.74, 6) is -3.75. The molecule has 1 saturated heterocycles. The van der Waals surface area contributed by atoms with E-state index in [1.165, 1.54) is 25.1 Å². The zero-order valence-corrected chi connectivity index (χ0v) is 22.1. The first kappa shape index (κ1) is 29.8. The third kappa shape index (κ3) is 8.03. The number of hydrogen-bond acceptors (Lipinski definition) is 8. The van der Waals surface area contributed by atoms with Crippen LogP contribution in [0.15, 0.2) is 18.2 Å². The van der Waals surface area contributed by atoms with Gasteiger partial charge in [0.2, 0.25) is 6.41 Å². The molecule has 1 fully saturated rings. The minimum absolute atomic E-state index is 0.0143. The van der Waals surface area contributed by atoms with Gasteiger partial charge in [0.1, 0.15) is 18.0 Å². The molecule has 1 heterocycles. The molecule has 204 valence electrons. The van der Waals surface area contributed by atoms with E-state index in [-0.39, 0.29) is 29.4 Å². The predicted octanol–water partition coefficient (Wildman–Crippen LogP) is 3.36. The minimum atomic E-state index is -1.36. The van der Waals surface area contributed by atoms with Crippen LogP contribution in [0, 0.1) is 17.8 Å². The Kier molecular flexibility index (Phi) is 11.1. The van der Waals surface area contributed by atoms with Crippen LogP contribution in [-0.4, -0.2) is 53.4 Å². The summed E-state index contributed by atoms with van der Waals surface area (Å²) in [4.78, 5) is 62.9. The maximum atomic E-state index is 13.3. The first-order chi connectivity index (χ1) is 17.5. The lowest BCUT2D eigenvalue weighted by Gasteiger charge is -2.29. The summed E-state index contributed by atoms with van der Waals surface area (Å²) in [6.45, 7) is 8.98. The van der Waals surface area contributed by atoms with E-state index in [2.05, 4.69) is 10.6 Å². The summed E-state index contributed by atoms with van der Waals surface area (Å²) in [7, 11) is 0. The van der Waals surface area contributed by atoms with Crippen LogP contribution in [0.3, 0.4) is 0 Å². The molecule has 3 N–H and O–H groups in total. The summed E-state index contributed by atoms with van der Waals surface area (Å²) < 4.78 is 11.3. The van der Waals surface area contributed by atoms with E-state index >= 15 is 0 Å². The van der Waals surface area contributed by atoms with Crippen LogP contribution in [0.5, 0.6) is 5.75 Å². The molecule has 0 saturated carbocycles. The van der Waals surface area contributed by atoms with Gasteiger partial charge in [-0.25, -0.2) is 4.79 Å². The number of carbonyl (C=O) groups is 5. The van der Waals surface area contributed by atoms with Gasteiger partial charge in [-0.1, -0.05) is 39.7 Å². The van der Waals surface area contributed by atoms with Crippen LogP contribution in [0.1, 0.15) is 77.1 Å². The second-order valence-electron chi connectivity index (χ2n) is 9.95. The highest BCUT2D eigenvalue weighted by Gasteiger charge is 2.42. The van der Waals surface area contributed by atoms with E-state index in [9.17, 15) is 29.1 Å². The van der Waals surface area contributed by atoms with Crippen LogP contribution in [-0.2, 0) is 28.7 Å². The highest BCUT2D eigenvalue weighted by atomic mass is 16.6. The SMILES string of the molecule is CCCC[C@H]1C(=O)O[C@H](C)[C@H](NC(=O)c2cccc(NC=O)c2O)C(=O)O[C@@H](C)[C@@H]1CC(=O)CC(C)C. The van der Waals surface area contributed by atoms with Crippen LogP contribution >= 0.6 is 0 Å². The van der Waals surface area contributed by atoms with Crippen molar-refractivity contribution in [2.75, 3.05) is 5.32 Å². The minimum Gasteiger partial charge on any atom is -0.505 e. The van der Waals surface area contributed by atoms with Crippen molar-refractivity contribution in [3.05, 3.63) is 23.8 Å². The summed E-state index contributed by atoms with van der Waals surface area (Å²) >= 11 is 0. The second-order valence-corrected chi connectivity index (χ2v) is 9.95.